The van der Waals surface area contributed by atoms with E-state index in [2.05, 4.69) is 0 Å². The van der Waals surface area contributed by atoms with Gasteiger partial charge < -0.3 is 10.5 Å². The number of hydrogen-bond acceptors (Lipinski definition) is 3. The lowest BCUT2D eigenvalue weighted by Gasteiger charge is -2.29. The summed E-state index contributed by atoms with van der Waals surface area (Å²) in [5, 5.41) is 0.636. The summed E-state index contributed by atoms with van der Waals surface area (Å²) in [5.74, 6) is 1.28. The second-order valence-electron chi connectivity index (χ2n) is 4.10. The van der Waals surface area contributed by atoms with E-state index in [-0.39, 0.29) is 6.04 Å². The number of thioether (sulfide) groups is 1. The van der Waals surface area contributed by atoms with Crippen molar-refractivity contribution in [3.8, 4) is 0 Å². The number of ether oxygens (including phenoxy) is 1. The van der Waals surface area contributed by atoms with Crippen LogP contribution in [0.2, 0.25) is 0 Å². The fourth-order valence-corrected chi connectivity index (χ4v) is 3.51. The fourth-order valence-electron chi connectivity index (χ4n) is 2.12. The topological polar surface area (TPSA) is 35.2 Å². The first-order chi connectivity index (χ1) is 6.88. The molecule has 2 N–H and O–H groups in total. The van der Waals surface area contributed by atoms with Crippen molar-refractivity contribution in [2.24, 2.45) is 5.73 Å². The Morgan fingerprint density at radius 3 is 3.00 bits per heavy atom. The Hall–Kier alpha value is -0.150. The van der Waals surface area contributed by atoms with E-state index in [0.717, 1.165) is 19.4 Å². The van der Waals surface area contributed by atoms with Gasteiger partial charge in [0.05, 0.1) is 12.9 Å². The molecule has 14 heavy (non-hydrogen) atoms. The van der Waals surface area contributed by atoms with Gasteiger partial charge in [0.1, 0.15) is 0 Å². The van der Waals surface area contributed by atoms with Crippen molar-refractivity contribution >= 4 is 11.8 Å². The molecule has 0 bridgehead atoms. The van der Waals surface area contributed by atoms with E-state index in [1.54, 1.807) is 0 Å². The van der Waals surface area contributed by atoms with Crippen molar-refractivity contribution in [2.45, 2.75) is 43.4 Å². The summed E-state index contributed by atoms with van der Waals surface area (Å²) < 4.78 is 5.34. The van der Waals surface area contributed by atoms with Gasteiger partial charge >= 0.3 is 0 Å². The molecule has 2 atom stereocenters. The molecule has 0 spiro atoms. The maximum Gasteiger partial charge on any atom is 0.0876 e. The van der Waals surface area contributed by atoms with Gasteiger partial charge in [-0.25, -0.2) is 0 Å². The summed E-state index contributed by atoms with van der Waals surface area (Å²) in [6, 6.07) is 0.237. The zero-order valence-corrected chi connectivity index (χ0v) is 9.39. The molecule has 0 aliphatic carbocycles. The molecular weight excluding hydrogens is 194 g/mol. The van der Waals surface area contributed by atoms with E-state index >= 15 is 0 Å². The fraction of sp³-hybridized carbons (Fsp3) is 0.818. The quantitative estimate of drug-likeness (QED) is 0.764. The molecule has 1 saturated heterocycles. The van der Waals surface area contributed by atoms with Crippen LogP contribution in [0.25, 0.3) is 0 Å². The molecule has 2 aliphatic heterocycles. The number of nitrogens with two attached hydrogens (primary N) is 1. The molecule has 3 heteroatoms. The number of rotatable bonds is 2. The molecule has 2 aliphatic rings. The molecule has 0 aromatic carbocycles. The lowest BCUT2D eigenvalue weighted by atomic mass is 9.97. The third kappa shape index (κ3) is 2.45. The van der Waals surface area contributed by atoms with Crippen molar-refractivity contribution in [2.75, 3.05) is 12.4 Å². The third-order valence-corrected chi connectivity index (χ3v) is 4.49. The Morgan fingerprint density at radius 1 is 1.43 bits per heavy atom. The van der Waals surface area contributed by atoms with Gasteiger partial charge in [0.15, 0.2) is 0 Å². The van der Waals surface area contributed by atoms with Gasteiger partial charge in [-0.3, -0.25) is 0 Å². The van der Waals surface area contributed by atoms with Gasteiger partial charge in [-0.1, -0.05) is 6.42 Å². The van der Waals surface area contributed by atoms with Crippen LogP contribution in [0.5, 0.6) is 0 Å². The van der Waals surface area contributed by atoms with Gasteiger partial charge in [-0.05, 0) is 37.0 Å². The van der Waals surface area contributed by atoms with E-state index in [9.17, 15) is 0 Å². The van der Waals surface area contributed by atoms with E-state index < -0.39 is 0 Å². The van der Waals surface area contributed by atoms with Crippen LogP contribution in [0.4, 0.5) is 0 Å². The molecule has 2 rings (SSSR count). The zero-order valence-electron chi connectivity index (χ0n) is 8.58. The largest absolute Gasteiger partial charge is 0.501 e. The van der Waals surface area contributed by atoms with Crippen LogP contribution in [0.15, 0.2) is 11.8 Å². The molecule has 1 fully saturated rings. The maximum atomic E-state index is 6.25. The molecule has 0 aromatic rings. The molecule has 0 amide bonds. The first-order valence-corrected chi connectivity index (χ1v) is 6.60. The highest BCUT2D eigenvalue weighted by molar-refractivity contribution is 8.00. The molecule has 0 saturated carbocycles. The maximum absolute atomic E-state index is 6.25. The highest BCUT2D eigenvalue weighted by atomic mass is 32.2. The SMILES string of the molecule is NC(C1=COCCC1)C1CCCCS1. The summed E-state index contributed by atoms with van der Waals surface area (Å²) in [7, 11) is 0. The van der Waals surface area contributed by atoms with Crippen LogP contribution in [0.3, 0.4) is 0 Å². The normalized spacial score (nSPS) is 30.4. The second kappa shape index (κ2) is 5.08. The monoisotopic (exact) mass is 213 g/mol. The van der Waals surface area contributed by atoms with Crippen LogP contribution in [0, 0.1) is 0 Å². The molecular formula is C11H19NOS. The second-order valence-corrected chi connectivity index (χ2v) is 5.44. The van der Waals surface area contributed by atoms with Crippen molar-refractivity contribution < 1.29 is 4.74 Å². The van der Waals surface area contributed by atoms with E-state index in [0.29, 0.717) is 5.25 Å². The Kier molecular flexibility index (Phi) is 3.76. The molecule has 2 unspecified atom stereocenters. The number of hydrogen-bond donors (Lipinski definition) is 1. The van der Waals surface area contributed by atoms with Gasteiger partial charge in [0, 0.05) is 11.3 Å². The Morgan fingerprint density at radius 2 is 2.36 bits per heavy atom. The van der Waals surface area contributed by atoms with Crippen LogP contribution in [-0.2, 0) is 4.74 Å². The molecule has 2 heterocycles. The summed E-state index contributed by atoms with van der Waals surface area (Å²) in [4.78, 5) is 0. The van der Waals surface area contributed by atoms with E-state index in [4.69, 9.17) is 10.5 Å². The summed E-state index contributed by atoms with van der Waals surface area (Å²) in [6.45, 7) is 0.869. The summed E-state index contributed by atoms with van der Waals surface area (Å²) in [5.41, 5.74) is 7.58. The Labute approximate surface area is 90.3 Å². The van der Waals surface area contributed by atoms with Crippen LogP contribution >= 0.6 is 11.8 Å². The minimum absolute atomic E-state index is 0.237. The molecule has 0 radical (unpaired) electrons. The summed E-state index contributed by atoms with van der Waals surface area (Å²) in [6.07, 6.45) is 8.17. The first kappa shape index (κ1) is 10.4. The molecule has 0 aromatic heterocycles. The van der Waals surface area contributed by atoms with Crippen LogP contribution in [0.1, 0.15) is 32.1 Å². The third-order valence-electron chi connectivity index (χ3n) is 3.01. The van der Waals surface area contributed by atoms with Crippen LogP contribution in [-0.4, -0.2) is 23.7 Å². The predicted molar refractivity (Wildman–Crippen MR) is 61.3 cm³/mol. The molecule has 2 nitrogen and oxygen atoms in total. The average Bonchev–Trinajstić information content (AvgIpc) is 2.30. The lowest BCUT2D eigenvalue weighted by molar-refractivity contribution is 0.221. The Bertz CT molecular complexity index is 211. The van der Waals surface area contributed by atoms with E-state index in [1.165, 1.54) is 30.6 Å². The van der Waals surface area contributed by atoms with Gasteiger partial charge in [-0.2, -0.15) is 11.8 Å². The average molecular weight is 213 g/mol. The van der Waals surface area contributed by atoms with E-state index in [1.807, 2.05) is 18.0 Å². The van der Waals surface area contributed by atoms with Gasteiger partial charge in [0.2, 0.25) is 0 Å². The lowest BCUT2D eigenvalue weighted by Crippen LogP contribution is -2.36. The van der Waals surface area contributed by atoms with Crippen LogP contribution < -0.4 is 5.73 Å². The minimum Gasteiger partial charge on any atom is -0.501 e. The van der Waals surface area contributed by atoms with Crippen molar-refractivity contribution in [3.05, 3.63) is 11.8 Å². The van der Waals surface area contributed by atoms with Crippen molar-refractivity contribution in [3.63, 3.8) is 0 Å². The smallest absolute Gasteiger partial charge is 0.0876 e. The minimum atomic E-state index is 0.237. The molecule has 80 valence electrons. The summed E-state index contributed by atoms with van der Waals surface area (Å²) >= 11 is 2.04. The van der Waals surface area contributed by atoms with Gasteiger partial charge in [-0.15, -0.1) is 0 Å². The van der Waals surface area contributed by atoms with Crippen molar-refractivity contribution in [1.29, 1.82) is 0 Å². The van der Waals surface area contributed by atoms with Gasteiger partial charge in [0.25, 0.3) is 0 Å². The first-order valence-electron chi connectivity index (χ1n) is 5.55. The predicted octanol–water partition coefficient (Wildman–Crippen LogP) is 2.29. The Balaban J connectivity index is 1.91. The highest BCUT2D eigenvalue weighted by Crippen LogP contribution is 2.31. The highest BCUT2D eigenvalue weighted by Gasteiger charge is 2.24. The standard InChI is InChI=1S/C11H19NOS/c12-11(9-4-3-6-13-8-9)10-5-1-2-7-14-10/h8,10-11H,1-7,12H2. The van der Waals surface area contributed by atoms with Crippen molar-refractivity contribution in [1.82, 2.24) is 0 Å². The zero-order chi connectivity index (χ0) is 9.80.